The molecule has 0 saturated heterocycles. The molecule has 0 atom stereocenters. The van der Waals surface area contributed by atoms with E-state index in [0.717, 1.165) is 33.4 Å². The third kappa shape index (κ3) is 1.92. The van der Waals surface area contributed by atoms with E-state index in [0.29, 0.717) is 11.4 Å². The number of aromatic nitrogens is 5. The highest BCUT2D eigenvalue weighted by Crippen LogP contribution is 2.40. The van der Waals surface area contributed by atoms with Crippen LogP contribution in [0.5, 0.6) is 11.5 Å². The minimum Gasteiger partial charge on any atom is -0.454 e. The van der Waals surface area contributed by atoms with Crippen LogP contribution in [0.15, 0.2) is 29.2 Å². The summed E-state index contributed by atoms with van der Waals surface area (Å²) in [6.45, 7) is 4.31. The molecule has 1 aliphatic heterocycles. The van der Waals surface area contributed by atoms with Gasteiger partial charge in [0.25, 0.3) is 0 Å². The van der Waals surface area contributed by atoms with Gasteiger partial charge in [-0.25, -0.2) is 14.5 Å². The number of aryl methyl sites for hydroxylation is 1. The third-order valence-corrected chi connectivity index (χ3v) is 4.73. The van der Waals surface area contributed by atoms with Crippen LogP contribution in [0.3, 0.4) is 0 Å². The molecule has 0 bridgehead atoms. The topological polar surface area (TPSA) is 87.0 Å². The van der Waals surface area contributed by atoms with Gasteiger partial charge in [-0.05, 0) is 31.5 Å². The van der Waals surface area contributed by atoms with E-state index in [2.05, 4.69) is 15.1 Å². The second kappa shape index (κ2) is 5.10. The summed E-state index contributed by atoms with van der Waals surface area (Å²) in [6, 6.07) is 5.93. The first-order valence-electron chi connectivity index (χ1n) is 8.40. The largest absolute Gasteiger partial charge is 0.454 e. The van der Waals surface area contributed by atoms with Crippen molar-refractivity contribution in [1.82, 2.24) is 24.3 Å². The highest BCUT2D eigenvalue weighted by molar-refractivity contribution is 6.06. The monoisotopic (exact) mass is 351 g/mol. The molecule has 4 heterocycles. The van der Waals surface area contributed by atoms with Crippen molar-refractivity contribution in [1.29, 1.82) is 0 Å². The predicted molar refractivity (Wildman–Crippen MR) is 96.6 cm³/mol. The maximum absolute atomic E-state index is 12.2. The predicted octanol–water partition coefficient (Wildman–Crippen LogP) is 2.59. The highest BCUT2D eigenvalue weighted by Gasteiger charge is 2.22. The van der Waals surface area contributed by atoms with Gasteiger partial charge in [-0.15, -0.1) is 0 Å². The fourth-order valence-electron chi connectivity index (χ4n) is 3.47. The molecule has 1 N–H and O–H groups in total. The van der Waals surface area contributed by atoms with Crippen LogP contribution in [0.4, 0.5) is 0 Å². The molecule has 1 aliphatic rings. The lowest BCUT2D eigenvalue weighted by Crippen LogP contribution is -2.12. The van der Waals surface area contributed by atoms with Gasteiger partial charge < -0.3 is 9.47 Å². The molecule has 26 heavy (non-hydrogen) atoms. The number of hydrogen-bond acceptors (Lipinski definition) is 5. The first-order chi connectivity index (χ1) is 12.5. The summed E-state index contributed by atoms with van der Waals surface area (Å²) in [6.07, 6.45) is 1.80. The number of fused-ring (bicyclic) bond motifs is 3. The Morgan fingerprint density at radius 1 is 1.23 bits per heavy atom. The molecule has 1 aromatic carbocycles. The quantitative estimate of drug-likeness (QED) is 0.600. The molecule has 3 aromatic heterocycles. The zero-order chi connectivity index (χ0) is 18.0. The normalized spacial score (nSPS) is 13.4. The first-order valence-corrected chi connectivity index (χ1v) is 8.40. The van der Waals surface area contributed by atoms with Crippen LogP contribution in [0.2, 0.25) is 0 Å². The van der Waals surface area contributed by atoms with Crippen molar-refractivity contribution in [3.63, 3.8) is 0 Å². The van der Waals surface area contributed by atoms with Crippen molar-refractivity contribution < 1.29 is 9.47 Å². The van der Waals surface area contributed by atoms with Crippen LogP contribution in [-0.2, 0) is 7.05 Å². The van der Waals surface area contributed by atoms with Crippen molar-refractivity contribution in [2.75, 3.05) is 6.79 Å². The van der Waals surface area contributed by atoms with E-state index < -0.39 is 0 Å². The van der Waals surface area contributed by atoms with E-state index in [4.69, 9.17) is 9.47 Å². The Hall–Kier alpha value is -3.29. The lowest BCUT2D eigenvalue weighted by molar-refractivity contribution is 0.174. The summed E-state index contributed by atoms with van der Waals surface area (Å²) >= 11 is 0. The Labute approximate surface area is 148 Å². The number of ether oxygens (including phenoxy) is 2. The van der Waals surface area contributed by atoms with Crippen molar-refractivity contribution in [3.05, 3.63) is 34.9 Å². The first kappa shape index (κ1) is 15.0. The molecule has 0 saturated carbocycles. The second-order valence-corrected chi connectivity index (χ2v) is 6.66. The molecule has 0 unspecified atom stereocenters. The average molecular weight is 351 g/mol. The minimum atomic E-state index is -0.203. The van der Waals surface area contributed by atoms with Gasteiger partial charge in [-0.3, -0.25) is 9.55 Å². The zero-order valence-electron chi connectivity index (χ0n) is 14.6. The van der Waals surface area contributed by atoms with Gasteiger partial charge >= 0.3 is 5.69 Å². The fraction of sp³-hybridized carbons (Fsp3) is 0.278. The summed E-state index contributed by atoms with van der Waals surface area (Å²) in [5.41, 5.74) is 3.64. The smallest absolute Gasteiger partial charge is 0.327 e. The van der Waals surface area contributed by atoms with Crippen molar-refractivity contribution in [3.8, 4) is 22.6 Å². The van der Waals surface area contributed by atoms with E-state index in [1.54, 1.807) is 17.8 Å². The van der Waals surface area contributed by atoms with Crippen LogP contribution in [0.1, 0.15) is 19.9 Å². The van der Waals surface area contributed by atoms with E-state index in [1.165, 1.54) is 0 Å². The van der Waals surface area contributed by atoms with E-state index >= 15 is 0 Å². The van der Waals surface area contributed by atoms with Crippen molar-refractivity contribution >= 4 is 22.2 Å². The molecule has 4 aromatic rings. The summed E-state index contributed by atoms with van der Waals surface area (Å²) in [5.74, 6) is 1.41. The molecule has 5 rings (SSSR count). The lowest BCUT2D eigenvalue weighted by Gasteiger charge is -2.10. The molecule has 8 heteroatoms. The number of nitrogens with one attached hydrogen (secondary N) is 1. The molecular formula is C18H17N5O3. The minimum absolute atomic E-state index is 0.150. The molecule has 0 fully saturated rings. The Kier molecular flexibility index (Phi) is 2.95. The summed E-state index contributed by atoms with van der Waals surface area (Å²) in [5, 5.41) is 5.39. The lowest BCUT2D eigenvalue weighted by atomic mass is 10.0. The average Bonchev–Trinajstić information content (AvgIpc) is 3.31. The number of rotatable bonds is 2. The van der Waals surface area contributed by atoms with Crippen molar-refractivity contribution in [2.24, 2.45) is 7.05 Å². The molecule has 0 radical (unpaired) electrons. The van der Waals surface area contributed by atoms with Gasteiger partial charge in [0, 0.05) is 24.0 Å². The highest BCUT2D eigenvalue weighted by atomic mass is 16.7. The Bertz CT molecular complexity index is 1230. The Balaban J connectivity index is 1.93. The van der Waals surface area contributed by atoms with Gasteiger partial charge in [0.1, 0.15) is 0 Å². The van der Waals surface area contributed by atoms with Gasteiger partial charge in [-0.1, -0.05) is 6.07 Å². The summed E-state index contributed by atoms with van der Waals surface area (Å²) in [7, 11) is 1.73. The Morgan fingerprint density at radius 3 is 2.85 bits per heavy atom. The van der Waals surface area contributed by atoms with E-state index in [-0.39, 0.29) is 18.5 Å². The summed E-state index contributed by atoms with van der Waals surface area (Å²) in [4.78, 5) is 19.7. The van der Waals surface area contributed by atoms with Gasteiger partial charge in [0.05, 0.1) is 11.7 Å². The Morgan fingerprint density at radius 2 is 2.04 bits per heavy atom. The zero-order valence-corrected chi connectivity index (χ0v) is 14.6. The standard InChI is InChI=1S/C18H17N5O3/c1-9(2)23-17-11(7-19-23)14(15-16(20-17)21-18(24)22(15)3)10-4-5-12-13(6-10)26-8-25-12/h4-7,9H,8H2,1-3H3,(H,20,21,24). The van der Waals surface area contributed by atoms with Gasteiger partial charge in [0.2, 0.25) is 6.79 Å². The number of benzene rings is 1. The summed E-state index contributed by atoms with van der Waals surface area (Å²) < 4.78 is 14.4. The number of H-pyrrole nitrogens is 1. The van der Waals surface area contributed by atoms with Crippen LogP contribution in [-0.4, -0.2) is 31.1 Å². The number of nitrogens with zero attached hydrogens (tertiary/aromatic N) is 4. The molecule has 0 spiro atoms. The molecule has 0 amide bonds. The van der Waals surface area contributed by atoms with Crippen molar-refractivity contribution in [2.45, 2.75) is 19.9 Å². The maximum Gasteiger partial charge on any atom is 0.327 e. The van der Waals surface area contributed by atoms with Gasteiger partial charge in [-0.2, -0.15) is 5.10 Å². The van der Waals surface area contributed by atoms with Crippen LogP contribution in [0.25, 0.3) is 33.3 Å². The molecule has 0 aliphatic carbocycles. The van der Waals surface area contributed by atoms with Crippen LogP contribution < -0.4 is 15.2 Å². The second-order valence-electron chi connectivity index (χ2n) is 6.66. The number of aromatic amines is 1. The van der Waals surface area contributed by atoms with Crippen LogP contribution in [0, 0.1) is 0 Å². The van der Waals surface area contributed by atoms with Crippen LogP contribution >= 0.6 is 0 Å². The molecule has 132 valence electrons. The fourth-order valence-corrected chi connectivity index (χ4v) is 3.47. The van der Waals surface area contributed by atoms with Gasteiger partial charge in [0.15, 0.2) is 22.8 Å². The SMILES string of the molecule is CC(C)n1ncc2c(-c3ccc4c(c3)OCO4)c3c(nc21)[nH]c(=O)n3C. The number of imidazole rings is 1. The molecular weight excluding hydrogens is 334 g/mol. The maximum atomic E-state index is 12.2. The number of pyridine rings is 1. The third-order valence-electron chi connectivity index (χ3n) is 4.73. The number of hydrogen-bond donors (Lipinski definition) is 1. The van der Waals surface area contributed by atoms with E-state index in [9.17, 15) is 4.79 Å². The van der Waals surface area contributed by atoms with E-state index in [1.807, 2.05) is 36.7 Å². The molecule has 8 nitrogen and oxygen atoms in total.